The predicted octanol–water partition coefficient (Wildman–Crippen LogP) is 3.79. The normalized spacial score (nSPS) is 11.1. The molecule has 0 atom stereocenters. The first-order valence-corrected chi connectivity index (χ1v) is 7.83. The highest BCUT2D eigenvalue weighted by atomic mass is 32.1. The Morgan fingerprint density at radius 1 is 1.12 bits per heavy atom. The zero-order valence-corrected chi connectivity index (χ0v) is 14.7. The molecule has 134 valence electrons. The lowest BCUT2D eigenvalue weighted by molar-refractivity contribution is 0.355. The van der Waals surface area contributed by atoms with Gasteiger partial charge in [0.25, 0.3) is 0 Å². The second-order valence-corrected chi connectivity index (χ2v) is 5.53. The highest BCUT2D eigenvalue weighted by Crippen LogP contribution is 2.31. The van der Waals surface area contributed by atoms with Crippen molar-refractivity contribution in [1.82, 2.24) is 14.9 Å². The maximum Gasteiger partial charge on any atom is 0.216 e. The molecule has 0 amide bonds. The van der Waals surface area contributed by atoms with E-state index in [9.17, 15) is 8.78 Å². The lowest BCUT2D eigenvalue weighted by Crippen LogP contribution is -1.98. The summed E-state index contributed by atoms with van der Waals surface area (Å²) in [5, 5.41) is 10.9. The van der Waals surface area contributed by atoms with Gasteiger partial charge in [0.15, 0.2) is 17.3 Å². The van der Waals surface area contributed by atoms with Crippen LogP contribution in [0.5, 0.6) is 11.5 Å². The van der Waals surface area contributed by atoms with Gasteiger partial charge in [-0.1, -0.05) is 0 Å². The van der Waals surface area contributed by atoms with Gasteiger partial charge in [0.2, 0.25) is 4.77 Å². The van der Waals surface area contributed by atoms with E-state index in [1.54, 1.807) is 18.2 Å². The number of halogens is 2. The summed E-state index contributed by atoms with van der Waals surface area (Å²) in [7, 11) is 3.06. The molecule has 0 bridgehead atoms. The van der Waals surface area contributed by atoms with E-state index in [0.717, 1.165) is 12.1 Å². The van der Waals surface area contributed by atoms with E-state index in [0.29, 0.717) is 22.9 Å². The Morgan fingerprint density at radius 3 is 2.58 bits per heavy atom. The van der Waals surface area contributed by atoms with Crippen LogP contribution in [0.25, 0.3) is 11.4 Å². The third kappa shape index (κ3) is 3.47. The van der Waals surface area contributed by atoms with Crippen molar-refractivity contribution in [1.29, 1.82) is 0 Å². The van der Waals surface area contributed by atoms with Crippen molar-refractivity contribution in [2.75, 3.05) is 14.2 Å². The molecule has 26 heavy (non-hydrogen) atoms. The van der Waals surface area contributed by atoms with Crippen LogP contribution in [-0.2, 0) is 0 Å². The molecule has 3 aromatic rings. The van der Waals surface area contributed by atoms with E-state index in [1.165, 1.54) is 31.2 Å². The average molecular weight is 376 g/mol. The van der Waals surface area contributed by atoms with Gasteiger partial charge in [-0.05, 0) is 42.5 Å². The van der Waals surface area contributed by atoms with Gasteiger partial charge >= 0.3 is 0 Å². The first-order chi connectivity index (χ1) is 12.5. The molecule has 3 rings (SSSR count). The minimum atomic E-state index is -0.726. The number of nitrogens with one attached hydrogen (secondary N) is 1. The third-order valence-electron chi connectivity index (χ3n) is 3.57. The van der Waals surface area contributed by atoms with Gasteiger partial charge in [-0.2, -0.15) is 14.9 Å². The Morgan fingerprint density at radius 2 is 1.88 bits per heavy atom. The van der Waals surface area contributed by atoms with Crippen molar-refractivity contribution in [2.24, 2.45) is 5.10 Å². The van der Waals surface area contributed by atoms with Gasteiger partial charge < -0.3 is 9.47 Å². The second-order valence-electron chi connectivity index (χ2n) is 5.14. The second kappa shape index (κ2) is 7.44. The average Bonchev–Trinajstić information content (AvgIpc) is 3.01. The first-order valence-electron chi connectivity index (χ1n) is 7.42. The number of aromatic amines is 1. The van der Waals surface area contributed by atoms with Crippen LogP contribution in [0.4, 0.5) is 8.78 Å². The zero-order chi connectivity index (χ0) is 18.7. The van der Waals surface area contributed by atoms with Crippen molar-refractivity contribution >= 4 is 18.4 Å². The Labute approximate surface area is 152 Å². The largest absolute Gasteiger partial charge is 0.493 e. The third-order valence-corrected chi connectivity index (χ3v) is 3.83. The van der Waals surface area contributed by atoms with E-state index < -0.39 is 11.6 Å². The number of hydrogen-bond acceptors (Lipinski definition) is 5. The smallest absolute Gasteiger partial charge is 0.216 e. The van der Waals surface area contributed by atoms with E-state index in [2.05, 4.69) is 15.3 Å². The summed E-state index contributed by atoms with van der Waals surface area (Å²) in [5.74, 6) is 0.0876. The highest BCUT2D eigenvalue weighted by molar-refractivity contribution is 7.71. The van der Waals surface area contributed by atoms with Crippen LogP contribution in [0.1, 0.15) is 5.56 Å². The van der Waals surface area contributed by atoms with E-state index in [4.69, 9.17) is 21.7 Å². The minimum Gasteiger partial charge on any atom is -0.493 e. The molecule has 1 aromatic heterocycles. The number of ether oxygens (including phenoxy) is 2. The van der Waals surface area contributed by atoms with Crippen LogP contribution >= 0.6 is 12.2 Å². The fourth-order valence-electron chi connectivity index (χ4n) is 2.29. The predicted molar refractivity (Wildman–Crippen MR) is 95.3 cm³/mol. The molecule has 9 heteroatoms. The van der Waals surface area contributed by atoms with Gasteiger partial charge in [-0.15, -0.1) is 0 Å². The molecule has 1 N–H and O–H groups in total. The number of aromatic nitrogens is 3. The highest BCUT2D eigenvalue weighted by Gasteiger charge is 2.12. The maximum atomic E-state index is 13.8. The Kier molecular flexibility index (Phi) is 5.08. The van der Waals surface area contributed by atoms with Gasteiger partial charge in [-0.25, -0.2) is 13.9 Å². The SMILES string of the molecule is COc1ccc(-c2n[nH]c(=S)n2/N=C\c2ccc(F)cc2F)cc1OC. The van der Waals surface area contributed by atoms with Crippen molar-refractivity contribution in [3.8, 4) is 22.9 Å². The van der Waals surface area contributed by atoms with Crippen LogP contribution in [0.15, 0.2) is 41.5 Å². The summed E-state index contributed by atoms with van der Waals surface area (Å²) >= 11 is 5.17. The summed E-state index contributed by atoms with van der Waals surface area (Å²) in [5.41, 5.74) is 0.777. The molecule has 1 heterocycles. The first kappa shape index (κ1) is 17.7. The van der Waals surface area contributed by atoms with Crippen molar-refractivity contribution < 1.29 is 18.3 Å². The monoisotopic (exact) mass is 376 g/mol. The lowest BCUT2D eigenvalue weighted by Gasteiger charge is -2.09. The number of H-pyrrole nitrogens is 1. The van der Waals surface area contributed by atoms with Crippen LogP contribution < -0.4 is 9.47 Å². The summed E-state index contributed by atoms with van der Waals surface area (Å²) in [6, 6.07) is 8.41. The molecule has 0 spiro atoms. The molecule has 0 saturated carbocycles. The van der Waals surface area contributed by atoms with Gasteiger partial charge in [-0.3, -0.25) is 0 Å². The standard InChI is InChI=1S/C17H14F2N4O2S/c1-24-14-6-4-10(7-15(14)25-2)16-21-22-17(26)23(16)20-9-11-3-5-12(18)8-13(11)19/h3-9H,1-2H3,(H,22,26)/b20-9-. The quantitative estimate of drug-likeness (QED) is 0.544. The molecule has 0 aliphatic heterocycles. The summed E-state index contributed by atoms with van der Waals surface area (Å²) in [6.07, 6.45) is 1.24. The number of rotatable bonds is 5. The number of hydrogen-bond donors (Lipinski definition) is 1. The zero-order valence-electron chi connectivity index (χ0n) is 13.9. The summed E-state index contributed by atoms with van der Waals surface area (Å²) < 4.78 is 38.8. The fraction of sp³-hybridized carbons (Fsp3) is 0.118. The van der Waals surface area contributed by atoms with Gasteiger partial charge in [0.1, 0.15) is 11.6 Å². The van der Waals surface area contributed by atoms with E-state index in [-0.39, 0.29) is 10.3 Å². The maximum absolute atomic E-state index is 13.8. The molecule has 0 aliphatic rings. The molecular weight excluding hydrogens is 362 g/mol. The van der Waals surface area contributed by atoms with Crippen LogP contribution in [0.2, 0.25) is 0 Å². The van der Waals surface area contributed by atoms with Crippen molar-refractivity contribution in [3.63, 3.8) is 0 Å². The molecule has 0 radical (unpaired) electrons. The number of methoxy groups -OCH3 is 2. The van der Waals surface area contributed by atoms with Gasteiger partial charge in [0.05, 0.1) is 20.4 Å². The molecule has 0 unspecified atom stereocenters. The number of benzene rings is 2. The van der Waals surface area contributed by atoms with E-state index in [1.807, 2.05) is 0 Å². The molecule has 2 aromatic carbocycles. The summed E-state index contributed by atoms with van der Waals surface area (Å²) in [6.45, 7) is 0. The molecule has 0 aliphatic carbocycles. The molecule has 0 fully saturated rings. The van der Waals surface area contributed by atoms with Crippen LogP contribution in [0.3, 0.4) is 0 Å². The molecule has 6 nitrogen and oxygen atoms in total. The molecular formula is C17H14F2N4O2S. The Balaban J connectivity index is 2.02. The summed E-state index contributed by atoms with van der Waals surface area (Å²) in [4.78, 5) is 0. The van der Waals surface area contributed by atoms with Gasteiger partial charge in [0, 0.05) is 17.2 Å². The lowest BCUT2D eigenvalue weighted by atomic mass is 10.2. The fourth-order valence-corrected chi connectivity index (χ4v) is 2.47. The number of nitrogens with zero attached hydrogens (tertiary/aromatic N) is 3. The molecule has 0 saturated heterocycles. The van der Waals surface area contributed by atoms with Crippen molar-refractivity contribution in [2.45, 2.75) is 0 Å². The van der Waals surface area contributed by atoms with E-state index >= 15 is 0 Å². The Bertz CT molecular complexity index is 1030. The Hall–Kier alpha value is -3.07. The van der Waals surface area contributed by atoms with Crippen LogP contribution in [-0.4, -0.2) is 35.3 Å². The topological polar surface area (TPSA) is 64.4 Å². The van der Waals surface area contributed by atoms with Crippen molar-refractivity contribution in [3.05, 3.63) is 58.4 Å². The minimum absolute atomic E-state index is 0.118. The van der Waals surface area contributed by atoms with Crippen LogP contribution in [0, 0.1) is 16.4 Å².